The van der Waals surface area contributed by atoms with Gasteiger partial charge in [0, 0.05) is 18.1 Å². The second-order valence-electron chi connectivity index (χ2n) is 7.20. The van der Waals surface area contributed by atoms with Gasteiger partial charge in [-0.25, -0.2) is 13.6 Å². The number of benzene rings is 3. The molecule has 0 aliphatic rings. The van der Waals surface area contributed by atoms with E-state index in [2.05, 4.69) is 34.5 Å². The third-order valence-corrected chi connectivity index (χ3v) is 6.13. The Morgan fingerprint density at radius 1 is 1.03 bits per heavy atom. The van der Waals surface area contributed by atoms with Gasteiger partial charge < -0.3 is 4.74 Å². The molecule has 0 spiro atoms. The smallest absolute Gasteiger partial charge is 0.238 e. The van der Waals surface area contributed by atoms with Gasteiger partial charge in [0.2, 0.25) is 10.0 Å². The van der Waals surface area contributed by atoms with Crippen molar-refractivity contribution in [3.63, 3.8) is 0 Å². The van der Waals surface area contributed by atoms with Crippen molar-refractivity contribution in [3.05, 3.63) is 83.9 Å². The van der Waals surface area contributed by atoms with Crippen molar-refractivity contribution in [2.75, 3.05) is 7.11 Å². The van der Waals surface area contributed by atoms with Gasteiger partial charge in [-0.05, 0) is 48.2 Å². The summed E-state index contributed by atoms with van der Waals surface area (Å²) in [4.78, 5) is 0.0677. The monoisotopic (exact) mass is 421 g/mol. The average molecular weight is 422 g/mol. The Kier molecular flexibility index (Phi) is 5.67. The summed E-state index contributed by atoms with van der Waals surface area (Å²) >= 11 is 0. The highest BCUT2D eigenvalue weighted by molar-refractivity contribution is 7.89. The number of nitrogens with zero attached hydrogens (tertiary/aromatic N) is 1. The quantitative estimate of drug-likeness (QED) is 0.467. The highest BCUT2D eigenvalue weighted by atomic mass is 32.2. The van der Waals surface area contributed by atoms with E-state index in [1.54, 1.807) is 19.2 Å². The van der Waals surface area contributed by atoms with E-state index in [4.69, 9.17) is 9.88 Å². The van der Waals surface area contributed by atoms with E-state index in [1.165, 1.54) is 6.07 Å². The number of ether oxygens (including phenoxy) is 1. The lowest BCUT2D eigenvalue weighted by molar-refractivity contribution is 0.0959. The number of nitrogens with one attached hydrogen (secondary N) is 1. The van der Waals surface area contributed by atoms with Gasteiger partial charge >= 0.3 is 0 Å². The minimum Gasteiger partial charge on any atom is -0.377 e. The molecule has 0 amide bonds. The maximum absolute atomic E-state index is 11.7. The molecule has 154 valence electrons. The maximum Gasteiger partial charge on any atom is 0.238 e. The Hall–Kier alpha value is -3.00. The molecule has 0 saturated heterocycles. The van der Waals surface area contributed by atoms with Crippen LogP contribution in [0.4, 0.5) is 0 Å². The lowest BCUT2D eigenvalue weighted by atomic mass is 9.99. The number of hydrogen-bond acceptors (Lipinski definition) is 4. The van der Waals surface area contributed by atoms with Crippen molar-refractivity contribution in [2.45, 2.75) is 23.8 Å². The van der Waals surface area contributed by atoms with Gasteiger partial charge in [0.15, 0.2) is 0 Å². The van der Waals surface area contributed by atoms with Gasteiger partial charge in [-0.2, -0.15) is 5.10 Å². The maximum atomic E-state index is 11.7. The fraction of sp³-hybridized carbons (Fsp3) is 0.174. The van der Waals surface area contributed by atoms with Crippen molar-refractivity contribution < 1.29 is 13.2 Å². The average Bonchev–Trinajstić information content (AvgIpc) is 3.18. The molecule has 0 saturated carbocycles. The first kappa shape index (κ1) is 20.3. The molecule has 1 atom stereocenters. The van der Waals surface area contributed by atoms with Crippen LogP contribution in [0, 0.1) is 0 Å². The molecule has 1 aromatic heterocycles. The Labute approximate surface area is 175 Å². The molecule has 0 aliphatic heterocycles. The lowest BCUT2D eigenvalue weighted by Crippen LogP contribution is -2.11. The van der Waals surface area contributed by atoms with Gasteiger partial charge in [0.1, 0.15) is 0 Å². The zero-order valence-corrected chi connectivity index (χ0v) is 17.4. The molecule has 30 heavy (non-hydrogen) atoms. The number of aryl methyl sites for hydroxylation is 1. The van der Waals surface area contributed by atoms with Crippen LogP contribution in [0.1, 0.15) is 23.7 Å². The van der Waals surface area contributed by atoms with Gasteiger partial charge in [0.05, 0.1) is 22.2 Å². The number of hydrogen-bond donors (Lipinski definition) is 2. The summed E-state index contributed by atoms with van der Waals surface area (Å²) in [6, 6.07) is 22.9. The van der Waals surface area contributed by atoms with Crippen LogP contribution in [-0.2, 0) is 21.2 Å². The minimum absolute atomic E-state index is 0.0251. The molecule has 0 aliphatic carbocycles. The molecule has 6 nitrogen and oxygen atoms in total. The van der Waals surface area contributed by atoms with Crippen molar-refractivity contribution in [1.29, 1.82) is 0 Å². The van der Waals surface area contributed by atoms with Gasteiger partial charge in [0.25, 0.3) is 0 Å². The molecule has 0 radical (unpaired) electrons. The standard InChI is InChI=1S/C23H23N3O3S/c1-29-22(17-6-3-2-4-7-17)13-11-16-10-12-21-20(14-16)23(26-25-21)18-8-5-9-19(15-18)30(24,27)28/h2-10,12,14-15,22H,11,13H2,1H3,(H,25,26)(H2,24,27,28). The number of primary sulfonamides is 1. The molecule has 0 bridgehead atoms. The van der Waals surface area contributed by atoms with Gasteiger partial charge in [-0.3, -0.25) is 5.10 Å². The zero-order valence-electron chi connectivity index (χ0n) is 16.6. The molecule has 1 unspecified atom stereocenters. The van der Waals surface area contributed by atoms with E-state index in [1.807, 2.05) is 30.3 Å². The Morgan fingerprint density at radius 3 is 2.57 bits per heavy atom. The summed E-state index contributed by atoms with van der Waals surface area (Å²) < 4.78 is 29.1. The molecule has 4 aromatic rings. The van der Waals surface area contributed by atoms with E-state index in [-0.39, 0.29) is 11.0 Å². The highest BCUT2D eigenvalue weighted by Gasteiger charge is 2.14. The Bertz CT molecular complexity index is 1270. The summed E-state index contributed by atoms with van der Waals surface area (Å²) in [5.41, 5.74) is 4.60. The van der Waals surface area contributed by atoms with Gasteiger partial charge in [-0.15, -0.1) is 0 Å². The number of aromatic nitrogens is 2. The molecular formula is C23H23N3O3S. The summed E-state index contributed by atoms with van der Waals surface area (Å²) in [5.74, 6) is 0. The zero-order chi connectivity index (χ0) is 21.1. The van der Waals surface area contributed by atoms with Crippen molar-refractivity contribution in [2.24, 2.45) is 5.14 Å². The predicted molar refractivity (Wildman–Crippen MR) is 117 cm³/mol. The molecule has 0 fully saturated rings. The van der Waals surface area contributed by atoms with Crippen LogP contribution in [-0.4, -0.2) is 25.7 Å². The Morgan fingerprint density at radius 2 is 1.83 bits per heavy atom. The van der Waals surface area contributed by atoms with Crippen LogP contribution < -0.4 is 5.14 Å². The molecule has 4 rings (SSSR count). The Balaban J connectivity index is 1.62. The van der Waals surface area contributed by atoms with E-state index >= 15 is 0 Å². The lowest BCUT2D eigenvalue weighted by Gasteiger charge is -2.15. The van der Waals surface area contributed by atoms with Crippen LogP contribution in [0.5, 0.6) is 0 Å². The van der Waals surface area contributed by atoms with Crippen molar-refractivity contribution >= 4 is 20.9 Å². The topological polar surface area (TPSA) is 98.1 Å². The first-order chi connectivity index (χ1) is 14.5. The normalized spacial score (nSPS) is 12.9. The number of methoxy groups -OCH3 is 1. The number of sulfonamides is 1. The fourth-order valence-electron chi connectivity index (χ4n) is 3.64. The third-order valence-electron chi connectivity index (χ3n) is 5.21. The molecule has 3 aromatic carbocycles. The number of aromatic amines is 1. The van der Waals surface area contributed by atoms with Crippen LogP contribution in [0.25, 0.3) is 22.2 Å². The highest BCUT2D eigenvalue weighted by Crippen LogP contribution is 2.29. The van der Waals surface area contributed by atoms with Crippen LogP contribution in [0.2, 0.25) is 0 Å². The molecular weight excluding hydrogens is 398 g/mol. The molecule has 3 N–H and O–H groups in total. The molecule has 7 heteroatoms. The summed E-state index contributed by atoms with van der Waals surface area (Å²) in [6.45, 7) is 0. The number of fused-ring (bicyclic) bond motifs is 1. The van der Waals surface area contributed by atoms with Crippen LogP contribution >= 0.6 is 0 Å². The van der Waals surface area contributed by atoms with E-state index in [9.17, 15) is 8.42 Å². The summed E-state index contributed by atoms with van der Waals surface area (Å²) in [7, 11) is -2.05. The molecule has 1 heterocycles. The van der Waals surface area contributed by atoms with Gasteiger partial charge in [-0.1, -0.05) is 48.5 Å². The fourth-order valence-corrected chi connectivity index (χ4v) is 4.20. The van der Waals surface area contributed by atoms with E-state index in [0.29, 0.717) is 11.3 Å². The van der Waals surface area contributed by atoms with Crippen LogP contribution in [0.15, 0.2) is 77.7 Å². The number of nitrogens with two attached hydrogens (primary N) is 1. The minimum atomic E-state index is -3.78. The first-order valence-electron chi connectivity index (χ1n) is 9.63. The number of H-pyrrole nitrogens is 1. The number of rotatable bonds is 7. The largest absolute Gasteiger partial charge is 0.377 e. The SMILES string of the molecule is COC(CCc1ccc2[nH]nc(-c3cccc(S(N)(=O)=O)c3)c2c1)c1ccccc1. The second-order valence-corrected chi connectivity index (χ2v) is 8.76. The first-order valence-corrected chi connectivity index (χ1v) is 11.2. The summed E-state index contributed by atoms with van der Waals surface area (Å²) in [6.07, 6.45) is 1.71. The second kappa shape index (κ2) is 8.39. The van der Waals surface area contributed by atoms with Crippen molar-refractivity contribution in [1.82, 2.24) is 10.2 Å². The van der Waals surface area contributed by atoms with Crippen LogP contribution in [0.3, 0.4) is 0 Å². The van der Waals surface area contributed by atoms with Crippen molar-refractivity contribution in [3.8, 4) is 11.3 Å². The summed E-state index contributed by atoms with van der Waals surface area (Å²) in [5, 5.41) is 13.6. The van der Waals surface area contributed by atoms with E-state index in [0.717, 1.165) is 34.9 Å². The predicted octanol–water partition coefficient (Wildman–Crippen LogP) is 4.20. The third kappa shape index (κ3) is 4.28. The van der Waals surface area contributed by atoms with E-state index < -0.39 is 10.0 Å².